The predicted molar refractivity (Wildman–Crippen MR) is 96.2 cm³/mol. The van der Waals surface area contributed by atoms with Gasteiger partial charge in [0.1, 0.15) is 0 Å². The fraction of sp³-hybridized carbons (Fsp3) is 0.222. The van der Waals surface area contributed by atoms with E-state index in [4.69, 9.17) is 21.1 Å². The standard InChI is InChI=1S/C18H19ClN2O4/c1-11(12-4-9-15(24-2)16(10-12)25-3)20-17(22)18(23)21-14-7-5-13(19)6-8-14/h4-11H,1-3H3,(H,20,22)(H,21,23). The molecular weight excluding hydrogens is 344 g/mol. The van der Waals surface area contributed by atoms with Gasteiger partial charge in [0.25, 0.3) is 0 Å². The molecule has 6 nitrogen and oxygen atoms in total. The summed E-state index contributed by atoms with van der Waals surface area (Å²) in [6.07, 6.45) is 0. The van der Waals surface area contributed by atoms with Gasteiger partial charge in [-0.05, 0) is 48.9 Å². The van der Waals surface area contributed by atoms with Crippen LogP contribution in [0.1, 0.15) is 18.5 Å². The first kappa shape index (κ1) is 18.6. The van der Waals surface area contributed by atoms with Crippen LogP contribution in [0.5, 0.6) is 11.5 Å². The van der Waals surface area contributed by atoms with Crippen LogP contribution < -0.4 is 20.1 Å². The lowest BCUT2D eigenvalue weighted by atomic mass is 10.1. The van der Waals surface area contributed by atoms with Gasteiger partial charge in [0.2, 0.25) is 0 Å². The molecule has 25 heavy (non-hydrogen) atoms. The van der Waals surface area contributed by atoms with E-state index >= 15 is 0 Å². The number of methoxy groups -OCH3 is 2. The smallest absolute Gasteiger partial charge is 0.313 e. The molecule has 0 fully saturated rings. The van der Waals surface area contributed by atoms with Gasteiger partial charge in [-0.3, -0.25) is 9.59 Å². The zero-order chi connectivity index (χ0) is 18.4. The molecule has 2 amide bonds. The van der Waals surface area contributed by atoms with E-state index in [0.717, 1.165) is 5.56 Å². The maximum absolute atomic E-state index is 12.1. The Morgan fingerprint density at radius 1 is 0.960 bits per heavy atom. The molecule has 0 spiro atoms. The maximum atomic E-state index is 12.1. The topological polar surface area (TPSA) is 76.7 Å². The Morgan fingerprint density at radius 2 is 1.60 bits per heavy atom. The largest absolute Gasteiger partial charge is 0.493 e. The van der Waals surface area contributed by atoms with Crippen molar-refractivity contribution in [3.8, 4) is 11.5 Å². The number of hydrogen-bond acceptors (Lipinski definition) is 4. The minimum Gasteiger partial charge on any atom is -0.493 e. The van der Waals surface area contributed by atoms with E-state index in [1.165, 1.54) is 7.11 Å². The van der Waals surface area contributed by atoms with Crippen LogP contribution in [0.2, 0.25) is 5.02 Å². The maximum Gasteiger partial charge on any atom is 0.313 e. The van der Waals surface area contributed by atoms with Crippen LogP contribution in [-0.2, 0) is 9.59 Å². The lowest BCUT2D eigenvalue weighted by Crippen LogP contribution is -2.36. The van der Waals surface area contributed by atoms with Crippen molar-refractivity contribution in [3.05, 3.63) is 53.1 Å². The summed E-state index contributed by atoms with van der Waals surface area (Å²) < 4.78 is 10.4. The number of halogens is 1. The fourth-order valence-corrected chi connectivity index (χ4v) is 2.31. The number of nitrogens with one attached hydrogen (secondary N) is 2. The average molecular weight is 363 g/mol. The SMILES string of the molecule is COc1ccc(C(C)NC(=O)C(=O)Nc2ccc(Cl)cc2)cc1OC. The molecule has 0 aliphatic heterocycles. The molecule has 0 aliphatic carbocycles. The van der Waals surface area contributed by atoms with Crippen LogP contribution in [0, 0.1) is 0 Å². The molecule has 2 N–H and O–H groups in total. The molecule has 2 aromatic carbocycles. The van der Waals surface area contributed by atoms with Crippen molar-refractivity contribution >= 4 is 29.1 Å². The van der Waals surface area contributed by atoms with E-state index in [2.05, 4.69) is 10.6 Å². The first-order chi connectivity index (χ1) is 11.9. The van der Waals surface area contributed by atoms with Gasteiger partial charge in [-0.1, -0.05) is 17.7 Å². The second-order valence-electron chi connectivity index (χ2n) is 5.27. The highest BCUT2D eigenvalue weighted by molar-refractivity contribution is 6.39. The van der Waals surface area contributed by atoms with Crippen LogP contribution in [-0.4, -0.2) is 26.0 Å². The normalized spacial score (nSPS) is 11.4. The van der Waals surface area contributed by atoms with Gasteiger partial charge in [0.05, 0.1) is 20.3 Å². The first-order valence-electron chi connectivity index (χ1n) is 7.54. The summed E-state index contributed by atoms with van der Waals surface area (Å²) in [4.78, 5) is 24.1. The summed E-state index contributed by atoms with van der Waals surface area (Å²) in [5.41, 5.74) is 1.27. The molecule has 7 heteroatoms. The van der Waals surface area contributed by atoms with E-state index in [1.54, 1.807) is 56.5 Å². The molecule has 0 aromatic heterocycles. The van der Waals surface area contributed by atoms with E-state index < -0.39 is 11.8 Å². The van der Waals surface area contributed by atoms with Crippen molar-refractivity contribution in [1.82, 2.24) is 5.32 Å². The lowest BCUT2D eigenvalue weighted by Gasteiger charge is -2.16. The number of ether oxygens (including phenoxy) is 2. The third-order valence-electron chi connectivity index (χ3n) is 3.56. The quantitative estimate of drug-likeness (QED) is 0.801. The van der Waals surface area contributed by atoms with Crippen LogP contribution in [0.4, 0.5) is 5.69 Å². The Labute approximate surface area is 151 Å². The van der Waals surface area contributed by atoms with Crippen LogP contribution in [0.15, 0.2) is 42.5 Å². The number of carbonyl (C=O) groups is 2. The summed E-state index contributed by atoms with van der Waals surface area (Å²) in [7, 11) is 3.08. The highest BCUT2D eigenvalue weighted by Crippen LogP contribution is 2.29. The molecule has 2 rings (SSSR count). The van der Waals surface area contributed by atoms with Crippen LogP contribution in [0.25, 0.3) is 0 Å². The number of carbonyl (C=O) groups excluding carboxylic acids is 2. The van der Waals surface area contributed by atoms with Crippen molar-refractivity contribution in [1.29, 1.82) is 0 Å². The summed E-state index contributed by atoms with van der Waals surface area (Å²) in [6.45, 7) is 1.77. The molecule has 0 bridgehead atoms. The van der Waals surface area contributed by atoms with E-state index in [9.17, 15) is 9.59 Å². The minimum atomic E-state index is -0.755. The molecule has 1 atom stereocenters. The predicted octanol–water partition coefficient (Wildman–Crippen LogP) is 3.17. The third-order valence-corrected chi connectivity index (χ3v) is 3.82. The molecule has 1 unspecified atom stereocenters. The molecule has 0 saturated carbocycles. The van der Waals surface area contributed by atoms with Gasteiger partial charge >= 0.3 is 11.8 Å². The Hall–Kier alpha value is -2.73. The minimum absolute atomic E-state index is 0.386. The van der Waals surface area contributed by atoms with E-state index in [0.29, 0.717) is 22.2 Å². The Morgan fingerprint density at radius 3 is 2.20 bits per heavy atom. The molecule has 0 radical (unpaired) electrons. The molecule has 132 valence electrons. The van der Waals surface area contributed by atoms with Gasteiger partial charge in [-0.25, -0.2) is 0 Å². The number of hydrogen-bond donors (Lipinski definition) is 2. The monoisotopic (exact) mass is 362 g/mol. The second kappa shape index (κ2) is 8.39. The van der Waals surface area contributed by atoms with Crippen LogP contribution >= 0.6 is 11.6 Å². The molecule has 0 aliphatic rings. The number of benzene rings is 2. The van der Waals surface area contributed by atoms with Crippen molar-refractivity contribution in [2.75, 3.05) is 19.5 Å². The van der Waals surface area contributed by atoms with Crippen molar-refractivity contribution in [3.63, 3.8) is 0 Å². The second-order valence-corrected chi connectivity index (χ2v) is 5.71. The van der Waals surface area contributed by atoms with Gasteiger partial charge in [0, 0.05) is 10.7 Å². The zero-order valence-electron chi connectivity index (χ0n) is 14.1. The average Bonchev–Trinajstić information content (AvgIpc) is 2.62. The van der Waals surface area contributed by atoms with E-state index in [-0.39, 0.29) is 6.04 Å². The van der Waals surface area contributed by atoms with Gasteiger partial charge in [-0.2, -0.15) is 0 Å². The summed E-state index contributed by atoms with van der Waals surface area (Å²) in [6, 6.07) is 11.4. The first-order valence-corrected chi connectivity index (χ1v) is 7.91. The Kier molecular flexibility index (Phi) is 6.25. The lowest BCUT2D eigenvalue weighted by molar-refractivity contribution is -0.136. The molecular formula is C18H19ClN2O4. The Balaban J connectivity index is 2.01. The number of anilines is 1. The van der Waals surface area contributed by atoms with Crippen molar-refractivity contribution in [2.24, 2.45) is 0 Å². The molecule has 0 saturated heterocycles. The molecule has 2 aromatic rings. The number of rotatable bonds is 5. The van der Waals surface area contributed by atoms with E-state index in [1.807, 2.05) is 0 Å². The zero-order valence-corrected chi connectivity index (χ0v) is 14.9. The number of amides is 2. The highest BCUT2D eigenvalue weighted by atomic mass is 35.5. The molecule has 0 heterocycles. The highest BCUT2D eigenvalue weighted by Gasteiger charge is 2.18. The van der Waals surface area contributed by atoms with Gasteiger partial charge in [0.15, 0.2) is 11.5 Å². The van der Waals surface area contributed by atoms with Crippen LogP contribution in [0.3, 0.4) is 0 Å². The summed E-state index contributed by atoms with van der Waals surface area (Å²) >= 11 is 5.78. The third kappa shape index (κ3) is 4.87. The Bertz CT molecular complexity index is 762. The summed E-state index contributed by atoms with van der Waals surface area (Å²) in [5, 5.41) is 5.70. The summed E-state index contributed by atoms with van der Waals surface area (Å²) in [5.74, 6) is -0.358. The fourth-order valence-electron chi connectivity index (χ4n) is 2.19. The van der Waals surface area contributed by atoms with Crippen molar-refractivity contribution < 1.29 is 19.1 Å². The van der Waals surface area contributed by atoms with Gasteiger partial charge in [-0.15, -0.1) is 0 Å². The van der Waals surface area contributed by atoms with Gasteiger partial charge < -0.3 is 20.1 Å². The van der Waals surface area contributed by atoms with Crippen molar-refractivity contribution in [2.45, 2.75) is 13.0 Å².